The first-order valence-corrected chi connectivity index (χ1v) is 22.7. The summed E-state index contributed by atoms with van der Waals surface area (Å²) in [6, 6.07) is 0. The summed E-state index contributed by atoms with van der Waals surface area (Å²) >= 11 is 0. The van der Waals surface area contributed by atoms with Crippen LogP contribution in [0.15, 0.2) is 23.8 Å². The van der Waals surface area contributed by atoms with Gasteiger partial charge in [0.05, 0.1) is 24.4 Å². The van der Waals surface area contributed by atoms with Gasteiger partial charge in [0.15, 0.2) is 0 Å². The van der Waals surface area contributed by atoms with Crippen LogP contribution in [0.5, 0.6) is 0 Å². The highest BCUT2D eigenvalue weighted by Gasteiger charge is 2.69. The van der Waals surface area contributed by atoms with Crippen molar-refractivity contribution in [3.63, 3.8) is 0 Å². The number of rotatable bonds is 12. The summed E-state index contributed by atoms with van der Waals surface area (Å²) in [6.07, 6.45) is 14.2. The molecule has 0 aromatic rings. The average Bonchev–Trinajstić information content (AvgIpc) is 3.61. The topological polar surface area (TPSA) is 40.2 Å². The second-order valence-corrected chi connectivity index (χ2v) is 26.1. The highest BCUT2D eigenvalue weighted by Crippen LogP contribution is 2.66. The summed E-state index contributed by atoms with van der Waals surface area (Å²) in [7, 11) is -1.68. The van der Waals surface area contributed by atoms with E-state index in [2.05, 4.69) is 82.5 Å². The van der Waals surface area contributed by atoms with Crippen molar-refractivity contribution in [2.45, 2.75) is 122 Å². The fourth-order valence-electron chi connectivity index (χ4n) is 9.01. The zero-order chi connectivity index (χ0) is 28.4. The fourth-order valence-corrected chi connectivity index (χ4v) is 19.5. The Morgan fingerprint density at radius 2 is 1.77 bits per heavy atom. The van der Waals surface area contributed by atoms with Gasteiger partial charge in [0.1, 0.15) is 16.5 Å². The van der Waals surface area contributed by atoms with Crippen molar-refractivity contribution in [3.05, 3.63) is 23.8 Å². The van der Waals surface area contributed by atoms with Gasteiger partial charge in [-0.25, -0.2) is 0 Å². The first-order valence-electron chi connectivity index (χ1n) is 15.8. The van der Waals surface area contributed by atoms with Crippen LogP contribution < -0.4 is 0 Å². The molecule has 1 heterocycles. The molecular weight excluding hydrogens is 517 g/mol. The number of ether oxygens (including phenoxy) is 2. The van der Waals surface area contributed by atoms with E-state index in [9.17, 15) is 0 Å². The molecule has 0 aromatic carbocycles. The summed E-state index contributed by atoms with van der Waals surface area (Å²) < 4.78 is 29.2. The van der Waals surface area contributed by atoms with E-state index in [0.717, 1.165) is 37.7 Å². The summed E-state index contributed by atoms with van der Waals surface area (Å²) in [5.74, 6) is 3.01. The monoisotopic (exact) mass is 573 g/mol. The van der Waals surface area contributed by atoms with Gasteiger partial charge in [0.2, 0.25) is 0 Å². The van der Waals surface area contributed by atoms with E-state index in [1.165, 1.54) is 24.8 Å². The molecule has 7 atom stereocenters. The quantitative estimate of drug-likeness (QED) is 0.187. The van der Waals surface area contributed by atoms with Crippen molar-refractivity contribution in [2.24, 2.45) is 29.1 Å². The molecule has 5 aliphatic carbocycles. The number of hydrogen-bond acceptors (Lipinski definition) is 5. The SMILES string of the molecule is COC1C=CC(COCCC(C2CC2)C(B2OC3C[C@@H]4CC(C4(C)C)[C@]3(C)O2)N([Si](C)(C)C)[Si](C)(C)C)=CC1. The molecule has 6 rings (SSSR count). The molecule has 8 heteroatoms. The van der Waals surface area contributed by atoms with Crippen molar-refractivity contribution in [1.82, 2.24) is 4.23 Å². The summed E-state index contributed by atoms with van der Waals surface area (Å²) in [5, 5.41) is 0. The van der Waals surface area contributed by atoms with Crippen LogP contribution in [0.25, 0.3) is 0 Å². The molecule has 1 saturated heterocycles. The Labute approximate surface area is 241 Å². The van der Waals surface area contributed by atoms with Crippen LogP contribution in [0.3, 0.4) is 0 Å². The van der Waals surface area contributed by atoms with Gasteiger partial charge in [0, 0.05) is 19.7 Å². The zero-order valence-corrected chi connectivity index (χ0v) is 28.6. The molecule has 0 N–H and O–H groups in total. The van der Waals surface area contributed by atoms with E-state index in [-0.39, 0.29) is 24.9 Å². The Bertz CT molecular complexity index is 941. The Balaban J connectivity index is 1.35. The number of hydrogen-bond donors (Lipinski definition) is 0. The molecule has 220 valence electrons. The van der Waals surface area contributed by atoms with Crippen LogP contribution in [-0.2, 0) is 18.8 Å². The second-order valence-electron chi connectivity index (χ2n) is 16.0. The molecule has 4 saturated carbocycles. The van der Waals surface area contributed by atoms with Crippen LogP contribution in [0.4, 0.5) is 0 Å². The van der Waals surface area contributed by atoms with Crippen LogP contribution in [-0.4, -0.2) is 71.9 Å². The van der Waals surface area contributed by atoms with Gasteiger partial charge >= 0.3 is 7.12 Å². The van der Waals surface area contributed by atoms with Gasteiger partial charge in [-0.05, 0) is 80.1 Å². The largest absolute Gasteiger partial charge is 0.475 e. The third kappa shape index (κ3) is 5.87. The van der Waals surface area contributed by atoms with E-state index in [4.69, 9.17) is 18.8 Å². The van der Waals surface area contributed by atoms with Crippen molar-refractivity contribution in [2.75, 3.05) is 20.3 Å². The Kier molecular flexibility index (Phi) is 8.38. The van der Waals surface area contributed by atoms with Gasteiger partial charge < -0.3 is 23.0 Å². The molecule has 0 spiro atoms. The van der Waals surface area contributed by atoms with Crippen LogP contribution in [0.1, 0.15) is 59.3 Å². The molecule has 1 aliphatic heterocycles. The van der Waals surface area contributed by atoms with Crippen molar-refractivity contribution in [3.8, 4) is 0 Å². The van der Waals surface area contributed by atoms with Crippen molar-refractivity contribution >= 4 is 23.6 Å². The van der Waals surface area contributed by atoms with Crippen LogP contribution >= 0.6 is 0 Å². The first kappa shape index (κ1) is 30.2. The van der Waals surface area contributed by atoms with E-state index in [1.54, 1.807) is 7.11 Å². The third-order valence-corrected chi connectivity index (χ3v) is 18.5. The van der Waals surface area contributed by atoms with Crippen LogP contribution in [0, 0.1) is 29.1 Å². The van der Waals surface area contributed by atoms with Gasteiger partial charge in [-0.3, -0.25) is 0 Å². The molecule has 0 aromatic heterocycles. The molecule has 6 aliphatic rings. The fraction of sp³-hybridized carbons (Fsp3) is 0.871. The molecule has 5 unspecified atom stereocenters. The molecular formula is C31H56BNO4Si2. The molecule has 2 bridgehead atoms. The summed E-state index contributed by atoms with van der Waals surface area (Å²) in [4.78, 5) is 0. The third-order valence-electron chi connectivity index (χ3n) is 11.0. The minimum Gasteiger partial charge on any atom is -0.404 e. The average molecular weight is 574 g/mol. The highest BCUT2D eigenvalue weighted by atomic mass is 28.4. The lowest BCUT2D eigenvalue weighted by Gasteiger charge is -2.64. The minimum atomic E-state index is -1.66. The maximum Gasteiger partial charge on any atom is 0.475 e. The highest BCUT2D eigenvalue weighted by molar-refractivity contribution is 6.90. The summed E-state index contributed by atoms with van der Waals surface area (Å²) in [5.41, 5.74) is 1.48. The lowest BCUT2D eigenvalue weighted by atomic mass is 9.43. The maximum absolute atomic E-state index is 7.26. The Morgan fingerprint density at radius 3 is 2.31 bits per heavy atom. The lowest BCUT2D eigenvalue weighted by molar-refractivity contribution is -0.199. The molecule has 5 fully saturated rings. The van der Waals surface area contributed by atoms with Gasteiger partial charge in [-0.1, -0.05) is 71.4 Å². The molecule has 39 heavy (non-hydrogen) atoms. The van der Waals surface area contributed by atoms with Crippen LogP contribution in [0.2, 0.25) is 39.3 Å². The van der Waals surface area contributed by atoms with Crippen molar-refractivity contribution in [1.29, 1.82) is 0 Å². The van der Waals surface area contributed by atoms with Gasteiger partial charge in [0.25, 0.3) is 0 Å². The molecule has 5 nitrogen and oxygen atoms in total. The van der Waals surface area contributed by atoms with E-state index >= 15 is 0 Å². The number of nitrogens with zero attached hydrogens (tertiary/aromatic N) is 1. The number of methoxy groups -OCH3 is 1. The minimum absolute atomic E-state index is 0.130. The predicted molar refractivity (Wildman–Crippen MR) is 167 cm³/mol. The normalized spacial score (nSPS) is 35.5. The van der Waals surface area contributed by atoms with Gasteiger partial charge in [-0.2, -0.15) is 0 Å². The summed E-state index contributed by atoms with van der Waals surface area (Å²) in [6.45, 7) is 24.0. The van der Waals surface area contributed by atoms with E-state index in [1.807, 2.05) is 0 Å². The van der Waals surface area contributed by atoms with E-state index < -0.39 is 16.5 Å². The van der Waals surface area contributed by atoms with E-state index in [0.29, 0.717) is 29.8 Å². The Hall–Kier alpha value is -0.221. The maximum atomic E-state index is 7.26. The second kappa shape index (κ2) is 10.8. The zero-order valence-electron chi connectivity index (χ0n) is 26.6. The first-order chi connectivity index (χ1) is 18.2. The standard InChI is InChI=1S/C31H56BNO4Si2/c1-30(2)24-19-27(30)31(3)28(20-24)36-32(37-31)29(33(38(5,6)7)39(8,9)10)26(23-13-14-23)17-18-35-21-22-11-15-25(34-4)16-12-22/h11-12,15,23-29H,13-14,16-21H2,1-10H3/t24-,25?,26?,27?,28?,29?,31-/m0/s1. The molecule has 0 radical (unpaired) electrons. The predicted octanol–water partition coefficient (Wildman–Crippen LogP) is 6.93. The molecule has 0 amide bonds. The lowest BCUT2D eigenvalue weighted by Crippen LogP contribution is -2.69. The smallest absolute Gasteiger partial charge is 0.404 e. The van der Waals surface area contributed by atoms with Gasteiger partial charge in [-0.15, -0.1) is 0 Å². The van der Waals surface area contributed by atoms with Crippen molar-refractivity contribution < 1.29 is 18.8 Å². The Morgan fingerprint density at radius 1 is 1.08 bits per heavy atom.